The van der Waals surface area contributed by atoms with Crippen molar-refractivity contribution in [2.75, 3.05) is 0 Å². The minimum Gasteiger partial charge on any atom is -0.384 e. The summed E-state index contributed by atoms with van der Waals surface area (Å²) < 4.78 is 0. The molecule has 2 unspecified atom stereocenters. The molecule has 0 saturated heterocycles. The lowest BCUT2D eigenvalue weighted by Gasteiger charge is -2.41. The molecule has 0 heterocycles. The average molecular weight is 287 g/mol. The lowest BCUT2D eigenvalue weighted by molar-refractivity contribution is -0.0223. The predicted molar refractivity (Wildman–Crippen MR) is 83.0 cm³/mol. The second-order valence-corrected chi connectivity index (χ2v) is 6.02. The summed E-state index contributed by atoms with van der Waals surface area (Å²) in [6, 6.07) is 18.0. The first kappa shape index (κ1) is 13.7. The third-order valence-corrected chi connectivity index (χ3v) is 4.75. The lowest BCUT2D eigenvalue weighted by Crippen LogP contribution is -2.36. The third kappa shape index (κ3) is 2.36. The van der Waals surface area contributed by atoms with Gasteiger partial charge >= 0.3 is 0 Å². The molecule has 1 saturated carbocycles. The molecule has 0 spiro atoms. The van der Waals surface area contributed by atoms with E-state index >= 15 is 0 Å². The van der Waals surface area contributed by atoms with E-state index in [-0.39, 0.29) is 5.92 Å². The smallest absolute Gasteiger partial charge is 0.0979 e. The highest BCUT2D eigenvalue weighted by molar-refractivity contribution is 6.31. The van der Waals surface area contributed by atoms with Gasteiger partial charge in [0, 0.05) is 16.5 Å². The maximum atomic E-state index is 11.4. The maximum absolute atomic E-state index is 11.4. The van der Waals surface area contributed by atoms with E-state index in [4.69, 9.17) is 11.6 Å². The summed E-state index contributed by atoms with van der Waals surface area (Å²) in [7, 11) is 0. The van der Waals surface area contributed by atoms with Crippen molar-refractivity contribution < 1.29 is 5.11 Å². The molecule has 0 amide bonds. The first-order chi connectivity index (χ1) is 9.72. The highest BCUT2D eigenvalue weighted by Gasteiger charge is 2.42. The Labute approximate surface area is 125 Å². The van der Waals surface area contributed by atoms with Crippen LogP contribution in [0, 0.1) is 0 Å². The zero-order valence-corrected chi connectivity index (χ0v) is 12.2. The van der Waals surface area contributed by atoms with Crippen LogP contribution in [0.15, 0.2) is 54.6 Å². The van der Waals surface area contributed by atoms with E-state index < -0.39 is 5.60 Å². The van der Waals surface area contributed by atoms with Crippen LogP contribution in [0.2, 0.25) is 5.02 Å². The Morgan fingerprint density at radius 3 is 2.40 bits per heavy atom. The molecule has 3 rings (SSSR count). The van der Waals surface area contributed by atoms with Crippen molar-refractivity contribution in [2.45, 2.75) is 37.2 Å². The van der Waals surface area contributed by atoms with Crippen molar-refractivity contribution in [3.05, 3.63) is 70.7 Å². The first-order valence-corrected chi connectivity index (χ1v) is 7.62. The molecule has 1 aliphatic carbocycles. The molecule has 2 heteroatoms. The van der Waals surface area contributed by atoms with Gasteiger partial charge in [-0.05, 0) is 24.5 Å². The highest BCUT2D eigenvalue weighted by Crippen LogP contribution is 2.48. The van der Waals surface area contributed by atoms with Crippen LogP contribution >= 0.6 is 11.6 Å². The van der Waals surface area contributed by atoms with Gasteiger partial charge < -0.3 is 5.11 Å². The Hall–Kier alpha value is -1.31. The Morgan fingerprint density at radius 1 is 0.950 bits per heavy atom. The van der Waals surface area contributed by atoms with Gasteiger partial charge in [-0.3, -0.25) is 0 Å². The summed E-state index contributed by atoms with van der Waals surface area (Å²) in [5.41, 5.74) is 1.22. The molecule has 2 atom stereocenters. The fraction of sp³-hybridized carbons (Fsp3) is 0.333. The van der Waals surface area contributed by atoms with Gasteiger partial charge in [-0.1, -0.05) is 73.0 Å². The molecule has 2 aromatic carbocycles. The fourth-order valence-corrected chi connectivity index (χ4v) is 3.72. The molecule has 0 radical (unpaired) electrons. The molecule has 104 valence electrons. The topological polar surface area (TPSA) is 20.2 Å². The monoisotopic (exact) mass is 286 g/mol. The van der Waals surface area contributed by atoms with Gasteiger partial charge in [0.1, 0.15) is 0 Å². The van der Waals surface area contributed by atoms with E-state index in [2.05, 4.69) is 12.1 Å². The van der Waals surface area contributed by atoms with E-state index in [1.807, 2.05) is 42.5 Å². The minimum atomic E-state index is -0.849. The molecular formula is C18H19ClO. The van der Waals surface area contributed by atoms with Crippen molar-refractivity contribution in [2.24, 2.45) is 0 Å². The summed E-state index contributed by atoms with van der Waals surface area (Å²) in [6.45, 7) is 0. The van der Waals surface area contributed by atoms with Crippen molar-refractivity contribution in [3.8, 4) is 0 Å². The Morgan fingerprint density at radius 2 is 1.65 bits per heavy atom. The molecule has 0 bridgehead atoms. The number of benzene rings is 2. The van der Waals surface area contributed by atoms with Gasteiger partial charge in [0.15, 0.2) is 0 Å². The summed E-state index contributed by atoms with van der Waals surface area (Å²) in [4.78, 5) is 0. The number of halogens is 1. The van der Waals surface area contributed by atoms with Crippen molar-refractivity contribution in [1.29, 1.82) is 0 Å². The molecule has 0 aromatic heterocycles. The second kappa shape index (κ2) is 5.59. The van der Waals surface area contributed by atoms with Crippen LogP contribution < -0.4 is 0 Å². The quantitative estimate of drug-likeness (QED) is 0.834. The van der Waals surface area contributed by atoms with Crippen molar-refractivity contribution in [1.82, 2.24) is 0 Å². The first-order valence-electron chi connectivity index (χ1n) is 7.24. The summed E-state index contributed by atoms with van der Waals surface area (Å²) in [5.74, 6) is 0.123. The Bertz CT molecular complexity index is 581. The number of hydrogen-bond donors (Lipinski definition) is 1. The average Bonchev–Trinajstić information content (AvgIpc) is 2.49. The van der Waals surface area contributed by atoms with Gasteiger partial charge in [-0.15, -0.1) is 0 Å². The van der Waals surface area contributed by atoms with Crippen molar-refractivity contribution in [3.63, 3.8) is 0 Å². The van der Waals surface area contributed by atoms with Crippen LogP contribution in [0.5, 0.6) is 0 Å². The van der Waals surface area contributed by atoms with Crippen LogP contribution in [-0.2, 0) is 5.60 Å². The second-order valence-electron chi connectivity index (χ2n) is 5.61. The summed E-state index contributed by atoms with van der Waals surface area (Å²) >= 11 is 6.34. The molecule has 1 aliphatic rings. The molecular weight excluding hydrogens is 268 g/mol. The van der Waals surface area contributed by atoms with Gasteiger partial charge in [0.05, 0.1) is 5.60 Å². The van der Waals surface area contributed by atoms with E-state index in [0.29, 0.717) is 5.02 Å². The lowest BCUT2D eigenvalue weighted by atomic mass is 9.68. The summed E-state index contributed by atoms with van der Waals surface area (Å²) in [6.07, 6.45) is 3.99. The highest BCUT2D eigenvalue weighted by atomic mass is 35.5. The molecule has 1 nitrogen and oxygen atoms in total. The number of hydrogen-bond acceptors (Lipinski definition) is 1. The SMILES string of the molecule is OC1(c2ccccc2Cl)CCCCC1c1ccccc1. The van der Waals surface area contributed by atoms with Gasteiger partial charge in [0.2, 0.25) is 0 Å². The molecule has 20 heavy (non-hydrogen) atoms. The van der Waals surface area contributed by atoms with Crippen LogP contribution in [0.25, 0.3) is 0 Å². The molecule has 1 N–H and O–H groups in total. The molecule has 1 fully saturated rings. The van der Waals surface area contributed by atoms with Crippen LogP contribution in [-0.4, -0.2) is 5.11 Å². The standard InChI is InChI=1S/C18H19ClO/c19-17-12-5-4-11-16(17)18(20)13-7-6-10-15(18)14-8-2-1-3-9-14/h1-5,8-9,11-12,15,20H,6-7,10,13H2. The summed E-state index contributed by atoms with van der Waals surface area (Å²) in [5, 5.41) is 12.0. The third-order valence-electron chi connectivity index (χ3n) is 4.42. The van der Waals surface area contributed by atoms with E-state index in [1.54, 1.807) is 0 Å². The number of aliphatic hydroxyl groups is 1. The largest absolute Gasteiger partial charge is 0.384 e. The number of rotatable bonds is 2. The normalized spacial score (nSPS) is 26.4. The van der Waals surface area contributed by atoms with Crippen molar-refractivity contribution >= 4 is 11.6 Å². The Kier molecular flexibility index (Phi) is 3.82. The van der Waals surface area contributed by atoms with E-state index in [0.717, 1.165) is 31.2 Å². The van der Waals surface area contributed by atoms with Crippen LogP contribution in [0.4, 0.5) is 0 Å². The van der Waals surface area contributed by atoms with Crippen LogP contribution in [0.3, 0.4) is 0 Å². The van der Waals surface area contributed by atoms with E-state index in [1.165, 1.54) is 5.56 Å². The minimum absolute atomic E-state index is 0.123. The van der Waals surface area contributed by atoms with Gasteiger partial charge in [-0.25, -0.2) is 0 Å². The van der Waals surface area contributed by atoms with E-state index in [9.17, 15) is 5.11 Å². The predicted octanol–water partition coefficient (Wildman–Crippen LogP) is 4.89. The Balaban J connectivity index is 2.06. The zero-order valence-electron chi connectivity index (χ0n) is 11.4. The molecule has 0 aliphatic heterocycles. The molecule has 2 aromatic rings. The van der Waals surface area contributed by atoms with Crippen LogP contribution in [0.1, 0.15) is 42.7 Å². The van der Waals surface area contributed by atoms with Gasteiger partial charge in [-0.2, -0.15) is 0 Å². The zero-order chi connectivity index (χ0) is 14.0. The van der Waals surface area contributed by atoms with Gasteiger partial charge in [0.25, 0.3) is 0 Å². The fourth-order valence-electron chi connectivity index (χ4n) is 3.42. The maximum Gasteiger partial charge on any atom is 0.0979 e.